The van der Waals surface area contributed by atoms with Gasteiger partial charge in [0.15, 0.2) is 0 Å². The topological polar surface area (TPSA) is 28.7 Å². The van der Waals surface area contributed by atoms with Crippen molar-refractivity contribution < 1.29 is 0 Å². The van der Waals surface area contributed by atoms with Gasteiger partial charge in [0.25, 0.3) is 0 Å². The van der Waals surface area contributed by atoms with E-state index in [2.05, 4.69) is 41.2 Å². The van der Waals surface area contributed by atoms with E-state index in [4.69, 9.17) is 12.2 Å². The van der Waals surface area contributed by atoms with Gasteiger partial charge in [-0.2, -0.15) is 0 Å². The quantitative estimate of drug-likeness (QED) is 0.782. The Morgan fingerprint density at radius 2 is 2.20 bits per heavy atom. The molecule has 0 bridgehead atoms. The molecule has 1 heterocycles. The maximum atomic E-state index is 5.05. The van der Waals surface area contributed by atoms with Crippen LogP contribution in [0.2, 0.25) is 0 Å². The predicted molar refractivity (Wildman–Crippen MR) is 63.4 cm³/mol. The van der Waals surface area contributed by atoms with Crippen LogP contribution in [0.3, 0.4) is 0 Å². The maximum Gasteiger partial charge on any atom is 0.111 e. The molecule has 3 heteroatoms. The summed E-state index contributed by atoms with van der Waals surface area (Å²) in [5, 5.41) is 0. The van der Waals surface area contributed by atoms with Gasteiger partial charge in [-0.1, -0.05) is 42.0 Å². The Kier molecular flexibility index (Phi) is 2.92. The highest BCUT2D eigenvalue weighted by molar-refractivity contribution is 7.71. The summed E-state index contributed by atoms with van der Waals surface area (Å²) in [5.74, 6) is 0.910. The zero-order valence-corrected chi connectivity index (χ0v) is 9.34. The number of rotatable bonds is 2. The van der Waals surface area contributed by atoms with Crippen LogP contribution < -0.4 is 0 Å². The SMILES string of the molecule is Cc1cccc(Cc2nccc(=S)[nH]2)c1. The van der Waals surface area contributed by atoms with E-state index in [0.29, 0.717) is 0 Å². The van der Waals surface area contributed by atoms with Crippen LogP contribution in [0.4, 0.5) is 0 Å². The molecule has 2 aromatic rings. The highest BCUT2D eigenvalue weighted by Crippen LogP contribution is 2.07. The maximum absolute atomic E-state index is 5.05. The zero-order valence-electron chi connectivity index (χ0n) is 8.53. The molecule has 1 aromatic carbocycles. The molecule has 0 fully saturated rings. The Morgan fingerprint density at radius 3 is 2.93 bits per heavy atom. The van der Waals surface area contributed by atoms with E-state index in [1.54, 1.807) is 12.3 Å². The Bertz CT molecular complexity index is 517. The number of hydrogen-bond acceptors (Lipinski definition) is 2. The van der Waals surface area contributed by atoms with Crippen LogP contribution in [0, 0.1) is 11.6 Å². The number of aromatic amines is 1. The molecule has 2 rings (SSSR count). The molecular formula is C12H12N2S. The summed E-state index contributed by atoms with van der Waals surface area (Å²) in [5.41, 5.74) is 2.52. The fourth-order valence-electron chi connectivity index (χ4n) is 1.52. The van der Waals surface area contributed by atoms with Crippen molar-refractivity contribution in [1.29, 1.82) is 0 Å². The number of nitrogens with zero attached hydrogens (tertiary/aromatic N) is 1. The van der Waals surface area contributed by atoms with Crippen molar-refractivity contribution in [2.24, 2.45) is 0 Å². The fraction of sp³-hybridized carbons (Fsp3) is 0.167. The molecular weight excluding hydrogens is 204 g/mol. The molecule has 0 aliphatic rings. The summed E-state index contributed by atoms with van der Waals surface area (Å²) < 4.78 is 0.729. The van der Waals surface area contributed by atoms with Crippen LogP contribution in [0.5, 0.6) is 0 Å². The molecule has 0 saturated heterocycles. The minimum Gasteiger partial charge on any atom is -0.335 e. The standard InChI is InChI=1S/C12H12N2S/c1-9-3-2-4-10(7-9)8-11-13-6-5-12(15)14-11/h2-7H,8H2,1H3,(H,13,14,15). The Hall–Kier alpha value is -1.48. The third-order valence-corrected chi connectivity index (χ3v) is 2.42. The molecule has 0 spiro atoms. The Morgan fingerprint density at radius 1 is 1.33 bits per heavy atom. The second-order valence-corrected chi connectivity index (χ2v) is 3.99. The minimum atomic E-state index is 0.729. The van der Waals surface area contributed by atoms with Crippen molar-refractivity contribution in [3.63, 3.8) is 0 Å². The van der Waals surface area contributed by atoms with Crippen molar-refractivity contribution in [3.8, 4) is 0 Å². The molecule has 0 aliphatic heterocycles. The average Bonchev–Trinajstić information content (AvgIpc) is 2.17. The van der Waals surface area contributed by atoms with Gasteiger partial charge in [0.2, 0.25) is 0 Å². The number of aromatic nitrogens is 2. The lowest BCUT2D eigenvalue weighted by molar-refractivity contribution is 0.959. The monoisotopic (exact) mass is 216 g/mol. The fourth-order valence-corrected chi connectivity index (χ4v) is 1.70. The highest BCUT2D eigenvalue weighted by atomic mass is 32.1. The van der Waals surface area contributed by atoms with E-state index in [-0.39, 0.29) is 0 Å². The first-order chi connectivity index (χ1) is 7.24. The normalized spacial score (nSPS) is 10.2. The summed E-state index contributed by atoms with van der Waals surface area (Å²) in [6.45, 7) is 2.09. The smallest absolute Gasteiger partial charge is 0.111 e. The summed E-state index contributed by atoms with van der Waals surface area (Å²) in [7, 11) is 0. The Balaban J connectivity index is 2.26. The third-order valence-electron chi connectivity index (χ3n) is 2.18. The lowest BCUT2D eigenvalue weighted by Crippen LogP contribution is -1.95. The third kappa shape index (κ3) is 2.73. The lowest BCUT2D eigenvalue weighted by Gasteiger charge is -2.02. The summed E-state index contributed by atoms with van der Waals surface area (Å²) in [6.07, 6.45) is 2.54. The number of benzene rings is 1. The zero-order chi connectivity index (χ0) is 10.7. The van der Waals surface area contributed by atoms with Crippen LogP contribution in [0.15, 0.2) is 36.5 Å². The molecule has 0 atom stereocenters. The summed E-state index contributed by atoms with van der Waals surface area (Å²) in [4.78, 5) is 7.32. The van der Waals surface area contributed by atoms with Crippen molar-refractivity contribution in [2.45, 2.75) is 13.3 Å². The summed E-state index contributed by atoms with van der Waals surface area (Å²) in [6, 6.07) is 10.2. The first kappa shape index (κ1) is 10.1. The van der Waals surface area contributed by atoms with Gasteiger partial charge in [-0.3, -0.25) is 0 Å². The van der Waals surface area contributed by atoms with Gasteiger partial charge >= 0.3 is 0 Å². The van der Waals surface area contributed by atoms with Crippen molar-refractivity contribution in [1.82, 2.24) is 9.97 Å². The van der Waals surface area contributed by atoms with E-state index < -0.39 is 0 Å². The molecule has 0 aliphatic carbocycles. The van der Waals surface area contributed by atoms with Gasteiger partial charge in [-0.15, -0.1) is 0 Å². The Labute approximate surface area is 94.0 Å². The van der Waals surface area contributed by atoms with Gasteiger partial charge in [0, 0.05) is 12.6 Å². The number of nitrogens with one attached hydrogen (secondary N) is 1. The molecule has 1 aromatic heterocycles. The van der Waals surface area contributed by atoms with Crippen LogP contribution in [-0.2, 0) is 6.42 Å². The number of aryl methyl sites for hydroxylation is 1. The van der Waals surface area contributed by atoms with Gasteiger partial charge in [-0.25, -0.2) is 4.98 Å². The highest BCUT2D eigenvalue weighted by Gasteiger charge is 1.97. The molecule has 76 valence electrons. The molecule has 0 amide bonds. The molecule has 15 heavy (non-hydrogen) atoms. The molecule has 0 unspecified atom stereocenters. The average molecular weight is 216 g/mol. The van der Waals surface area contributed by atoms with Gasteiger partial charge in [0.05, 0.1) is 0 Å². The van der Waals surface area contributed by atoms with Crippen molar-refractivity contribution >= 4 is 12.2 Å². The largest absolute Gasteiger partial charge is 0.335 e. The van der Waals surface area contributed by atoms with Gasteiger partial charge in [0.1, 0.15) is 10.5 Å². The second-order valence-electron chi connectivity index (χ2n) is 3.55. The van der Waals surface area contributed by atoms with E-state index in [9.17, 15) is 0 Å². The van der Waals surface area contributed by atoms with E-state index in [0.717, 1.165) is 16.9 Å². The molecule has 0 saturated carbocycles. The van der Waals surface area contributed by atoms with Gasteiger partial charge in [-0.05, 0) is 18.6 Å². The van der Waals surface area contributed by atoms with Crippen molar-refractivity contribution in [3.05, 3.63) is 58.1 Å². The van der Waals surface area contributed by atoms with Crippen LogP contribution in [0.25, 0.3) is 0 Å². The number of hydrogen-bond donors (Lipinski definition) is 1. The first-order valence-corrected chi connectivity index (χ1v) is 5.24. The number of H-pyrrole nitrogens is 1. The van der Waals surface area contributed by atoms with Crippen LogP contribution in [-0.4, -0.2) is 9.97 Å². The molecule has 2 nitrogen and oxygen atoms in total. The first-order valence-electron chi connectivity index (χ1n) is 4.84. The minimum absolute atomic E-state index is 0.729. The van der Waals surface area contributed by atoms with E-state index >= 15 is 0 Å². The summed E-state index contributed by atoms with van der Waals surface area (Å²) >= 11 is 5.05. The van der Waals surface area contributed by atoms with E-state index in [1.807, 2.05) is 0 Å². The second kappa shape index (κ2) is 4.36. The van der Waals surface area contributed by atoms with E-state index in [1.165, 1.54) is 11.1 Å². The molecule has 0 radical (unpaired) electrons. The van der Waals surface area contributed by atoms with Gasteiger partial charge < -0.3 is 4.98 Å². The van der Waals surface area contributed by atoms with Crippen LogP contribution >= 0.6 is 12.2 Å². The molecule has 1 N–H and O–H groups in total. The van der Waals surface area contributed by atoms with Crippen molar-refractivity contribution in [2.75, 3.05) is 0 Å². The predicted octanol–water partition coefficient (Wildman–Crippen LogP) is 3.04. The lowest BCUT2D eigenvalue weighted by atomic mass is 10.1. The van der Waals surface area contributed by atoms with Crippen LogP contribution in [0.1, 0.15) is 17.0 Å².